The molecule has 0 bridgehead atoms. The second-order valence-electron chi connectivity index (χ2n) is 6.57. The summed E-state index contributed by atoms with van der Waals surface area (Å²) in [5.41, 5.74) is 0.623. The highest BCUT2D eigenvalue weighted by Gasteiger charge is 2.57. The molecule has 1 N–H and O–H groups in total. The third-order valence-corrected chi connectivity index (χ3v) is 7.73. The van der Waals surface area contributed by atoms with Crippen molar-refractivity contribution in [2.45, 2.75) is 22.2 Å². The van der Waals surface area contributed by atoms with Gasteiger partial charge in [-0.3, -0.25) is 14.9 Å². The Hall–Kier alpha value is -2.23. The average Bonchev–Trinajstić information content (AvgIpc) is 3.15. The number of ether oxygens (including phenoxy) is 2. The summed E-state index contributed by atoms with van der Waals surface area (Å²) in [4.78, 5) is 25.1. The van der Waals surface area contributed by atoms with Crippen LogP contribution in [0.1, 0.15) is 11.6 Å². The van der Waals surface area contributed by atoms with E-state index in [1.54, 1.807) is 42.5 Å². The first-order valence-electron chi connectivity index (χ1n) is 8.77. The van der Waals surface area contributed by atoms with E-state index >= 15 is 0 Å². The molecule has 0 amide bonds. The molecule has 1 fully saturated rings. The molecule has 0 aliphatic carbocycles. The van der Waals surface area contributed by atoms with E-state index < -0.39 is 45.0 Å². The Bertz CT molecular complexity index is 993. The normalized spacial score (nSPS) is 24.1. The Balaban J connectivity index is 2.19. The topological polar surface area (TPSA) is 98.8 Å². The third kappa shape index (κ3) is 4.08. The lowest BCUT2D eigenvalue weighted by Crippen LogP contribution is -2.43. The molecular weight excluding hydrogens is 462 g/mol. The van der Waals surface area contributed by atoms with Crippen LogP contribution in [0.4, 0.5) is 0 Å². The molecule has 0 aromatic heterocycles. The lowest BCUT2D eigenvalue weighted by Gasteiger charge is -2.24. The van der Waals surface area contributed by atoms with Crippen LogP contribution in [0.25, 0.3) is 0 Å². The van der Waals surface area contributed by atoms with Crippen LogP contribution in [0.3, 0.4) is 0 Å². The summed E-state index contributed by atoms with van der Waals surface area (Å²) in [5, 5.41) is 1.74. The van der Waals surface area contributed by atoms with Crippen molar-refractivity contribution in [3.05, 3.63) is 64.6 Å². The van der Waals surface area contributed by atoms with Crippen molar-refractivity contribution < 1.29 is 27.5 Å². The number of hydrogen-bond acceptors (Lipinski definition) is 7. The van der Waals surface area contributed by atoms with Crippen molar-refractivity contribution in [2.24, 2.45) is 5.92 Å². The first-order chi connectivity index (χ1) is 13.8. The smallest absolute Gasteiger partial charge is 0.323 e. The molecule has 4 atom stereocenters. The molecule has 1 saturated heterocycles. The number of sulfone groups is 1. The molecule has 2 aromatic rings. The number of hydrogen-bond donors (Lipinski definition) is 1. The van der Waals surface area contributed by atoms with E-state index in [1.165, 1.54) is 19.2 Å². The maximum Gasteiger partial charge on any atom is 0.323 e. The summed E-state index contributed by atoms with van der Waals surface area (Å²) in [6, 6.07) is 12.9. The fraction of sp³-hybridized carbons (Fsp3) is 0.300. The predicted molar refractivity (Wildman–Crippen MR) is 109 cm³/mol. The summed E-state index contributed by atoms with van der Waals surface area (Å²) in [6.07, 6.45) is 0. The number of esters is 2. The van der Waals surface area contributed by atoms with Crippen molar-refractivity contribution in [3.63, 3.8) is 0 Å². The monoisotopic (exact) mass is 481 g/mol. The summed E-state index contributed by atoms with van der Waals surface area (Å²) >= 11 is 3.35. The quantitative estimate of drug-likeness (QED) is 0.653. The highest BCUT2D eigenvalue weighted by molar-refractivity contribution is 9.10. The third-order valence-electron chi connectivity index (χ3n) is 4.99. The van der Waals surface area contributed by atoms with Crippen LogP contribution in [-0.4, -0.2) is 45.9 Å². The largest absolute Gasteiger partial charge is 0.469 e. The van der Waals surface area contributed by atoms with Gasteiger partial charge in [0, 0.05) is 4.47 Å². The zero-order valence-corrected chi connectivity index (χ0v) is 18.1. The van der Waals surface area contributed by atoms with Crippen LogP contribution in [0.5, 0.6) is 0 Å². The Labute approximate surface area is 177 Å². The number of methoxy groups -OCH3 is 2. The molecular formula is C20H20BrNO6S. The van der Waals surface area contributed by atoms with Gasteiger partial charge in [-0.05, 0) is 29.8 Å². The molecule has 154 valence electrons. The number of benzene rings is 2. The van der Waals surface area contributed by atoms with E-state index in [0.717, 1.165) is 11.6 Å². The maximum absolute atomic E-state index is 13.6. The van der Waals surface area contributed by atoms with Gasteiger partial charge in [0.15, 0.2) is 9.84 Å². The highest BCUT2D eigenvalue weighted by Crippen LogP contribution is 2.40. The molecule has 2 aromatic carbocycles. The molecule has 1 aliphatic heterocycles. The SMILES string of the molecule is COC(=O)[C@@H]1[C@H](S(=O)(=O)c2ccccc2)[C@@H](c2ccc(Br)cc2)N[C@H]1C(=O)OC. The van der Waals surface area contributed by atoms with Gasteiger partial charge in [-0.15, -0.1) is 0 Å². The number of rotatable bonds is 5. The Morgan fingerprint density at radius 1 is 0.931 bits per heavy atom. The minimum Gasteiger partial charge on any atom is -0.469 e. The average molecular weight is 482 g/mol. The zero-order chi connectivity index (χ0) is 21.2. The standard InChI is InChI=1S/C20H20BrNO6S/c1-27-19(23)15-17(20(24)28-2)22-16(12-8-10-13(21)11-9-12)18(15)29(25,26)14-6-4-3-5-7-14/h3-11,15-18,22H,1-2H3/t15-,16+,17+,18-/m0/s1. The second-order valence-corrected chi connectivity index (χ2v) is 9.59. The number of halogens is 1. The van der Waals surface area contributed by atoms with Crippen LogP contribution in [0.15, 0.2) is 64.0 Å². The lowest BCUT2D eigenvalue weighted by atomic mass is 9.95. The first kappa shape index (κ1) is 21.5. The van der Waals surface area contributed by atoms with Gasteiger partial charge in [0.05, 0.1) is 25.2 Å². The summed E-state index contributed by atoms with van der Waals surface area (Å²) in [6.45, 7) is 0. The van der Waals surface area contributed by atoms with E-state index in [-0.39, 0.29) is 4.90 Å². The minimum absolute atomic E-state index is 0.0633. The predicted octanol–water partition coefficient (Wildman–Crippen LogP) is 2.27. The molecule has 7 nitrogen and oxygen atoms in total. The van der Waals surface area contributed by atoms with E-state index in [0.29, 0.717) is 5.56 Å². The zero-order valence-electron chi connectivity index (χ0n) is 15.7. The van der Waals surface area contributed by atoms with Crippen LogP contribution < -0.4 is 5.32 Å². The van der Waals surface area contributed by atoms with Gasteiger partial charge in [0.1, 0.15) is 17.2 Å². The van der Waals surface area contributed by atoms with Crippen molar-refractivity contribution in [1.82, 2.24) is 5.32 Å². The molecule has 3 rings (SSSR count). The van der Waals surface area contributed by atoms with Gasteiger partial charge in [0.2, 0.25) is 0 Å². The minimum atomic E-state index is -4.01. The fourth-order valence-corrected chi connectivity index (χ4v) is 6.00. The molecule has 29 heavy (non-hydrogen) atoms. The van der Waals surface area contributed by atoms with Crippen LogP contribution >= 0.6 is 15.9 Å². The highest BCUT2D eigenvalue weighted by atomic mass is 79.9. The summed E-state index contributed by atoms with van der Waals surface area (Å²) in [5.74, 6) is -2.79. The Morgan fingerprint density at radius 3 is 2.07 bits per heavy atom. The van der Waals surface area contributed by atoms with Crippen molar-refractivity contribution >= 4 is 37.7 Å². The summed E-state index contributed by atoms with van der Waals surface area (Å²) in [7, 11) is -1.66. The van der Waals surface area contributed by atoms with Crippen molar-refractivity contribution in [2.75, 3.05) is 14.2 Å². The van der Waals surface area contributed by atoms with Gasteiger partial charge in [-0.1, -0.05) is 46.3 Å². The summed E-state index contributed by atoms with van der Waals surface area (Å²) < 4.78 is 37.6. The molecule has 1 heterocycles. The van der Waals surface area contributed by atoms with Crippen molar-refractivity contribution in [1.29, 1.82) is 0 Å². The molecule has 0 saturated carbocycles. The van der Waals surface area contributed by atoms with Crippen LogP contribution in [0, 0.1) is 5.92 Å². The van der Waals surface area contributed by atoms with Crippen LogP contribution in [-0.2, 0) is 28.9 Å². The van der Waals surface area contributed by atoms with E-state index in [2.05, 4.69) is 21.2 Å². The number of nitrogens with one attached hydrogen (secondary N) is 1. The molecule has 9 heteroatoms. The Morgan fingerprint density at radius 2 is 1.52 bits per heavy atom. The van der Waals surface area contributed by atoms with Crippen molar-refractivity contribution in [3.8, 4) is 0 Å². The number of carbonyl (C=O) groups excluding carboxylic acids is 2. The van der Waals surface area contributed by atoms with Crippen LogP contribution in [0.2, 0.25) is 0 Å². The lowest BCUT2D eigenvalue weighted by molar-refractivity contribution is -0.153. The van der Waals surface area contributed by atoms with E-state index in [1.807, 2.05) is 0 Å². The molecule has 0 spiro atoms. The molecule has 0 unspecified atom stereocenters. The molecule has 0 radical (unpaired) electrons. The van der Waals surface area contributed by atoms with Gasteiger partial charge < -0.3 is 9.47 Å². The van der Waals surface area contributed by atoms with E-state index in [9.17, 15) is 18.0 Å². The first-order valence-corrected chi connectivity index (χ1v) is 11.1. The number of carbonyl (C=O) groups is 2. The van der Waals surface area contributed by atoms with Gasteiger partial charge in [-0.2, -0.15) is 0 Å². The van der Waals surface area contributed by atoms with Gasteiger partial charge in [-0.25, -0.2) is 8.42 Å². The fourth-order valence-electron chi connectivity index (χ4n) is 3.63. The molecule has 1 aliphatic rings. The van der Waals surface area contributed by atoms with E-state index in [4.69, 9.17) is 9.47 Å². The second kappa shape index (κ2) is 8.64. The maximum atomic E-state index is 13.6. The van der Waals surface area contributed by atoms with Gasteiger partial charge >= 0.3 is 11.9 Å². The Kier molecular flexibility index (Phi) is 6.40. The van der Waals surface area contributed by atoms with Gasteiger partial charge in [0.25, 0.3) is 0 Å².